The Balaban J connectivity index is 2.31. The third-order valence-corrected chi connectivity index (χ3v) is 8.36. The number of thiocyanates is 1. The van der Waals surface area contributed by atoms with Crippen molar-refractivity contribution >= 4 is 41.6 Å². The van der Waals surface area contributed by atoms with Gasteiger partial charge in [-0.1, -0.05) is 12.1 Å². The maximum Gasteiger partial charge on any atom is 0.317 e. The standard InChI is InChI=1S/C30H44N6O10S/c31-22-47-25-6-4-23(5-7-25)2-1-3-24(36(20-29(43)44)21-30(45)46)16-32-8-10-33(17-26(37)38)12-14-35(19-28(41)42)15-13-34(11-9-32)18-27(39)40/h4-7,24H,1-3,8-21H2,(H,37,38)(H,39,40)(H,41,42)(H,43,44)(H,45,46). The lowest BCUT2D eigenvalue weighted by Gasteiger charge is -2.37. The Morgan fingerprint density at radius 2 is 1.09 bits per heavy atom. The van der Waals surface area contributed by atoms with E-state index in [9.17, 15) is 49.5 Å². The molecule has 16 nitrogen and oxygen atoms in total. The van der Waals surface area contributed by atoms with Gasteiger partial charge in [0.25, 0.3) is 0 Å². The molecule has 1 aliphatic heterocycles. The van der Waals surface area contributed by atoms with Gasteiger partial charge < -0.3 is 25.5 Å². The number of hydrogen-bond donors (Lipinski definition) is 5. The first-order chi connectivity index (χ1) is 22.3. The number of carbonyl (C=O) groups is 5. The highest BCUT2D eigenvalue weighted by Gasteiger charge is 2.27. The molecule has 0 aromatic heterocycles. The summed E-state index contributed by atoms with van der Waals surface area (Å²) in [5, 5.41) is 58.5. The van der Waals surface area contributed by atoms with E-state index in [0.717, 1.165) is 22.2 Å². The second kappa shape index (κ2) is 21.2. The van der Waals surface area contributed by atoms with Gasteiger partial charge in [-0.05, 0) is 48.7 Å². The second-order valence-corrected chi connectivity index (χ2v) is 12.2. The van der Waals surface area contributed by atoms with E-state index in [4.69, 9.17) is 5.26 Å². The van der Waals surface area contributed by atoms with Crippen molar-refractivity contribution in [2.45, 2.75) is 30.2 Å². The highest BCUT2D eigenvalue weighted by Crippen LogP contribution is 2.19. The minimum atomic E-state index is -1.18. The molecule has 1 atom stereocenters. The number of hydrogen-bond acceptors (Lipinski definition) is 12. The summed E-state index contributed by atoms with van der Waals surface area (Å²) < 4.78 is 0. The lowest BCUT2D eigenvalue weighted by Crippen LogP contribution is -2.52. The molecule has 1 aromatic carbocycles. The lowest BCUT2D eigenvalue weighted by atomic mass is 10.0. The first-order valence-electron chi connectivity index (χ1n) is 15.2. The van der Waals surface area contributed by atoms with Crippen LogP contribution in [0.3, 0.4) is 0 Å². The fourth-order valence-corrected chi connectivity index (χ4v) is 5.85. The molecule has 17 heteroatoms. The molecule has 0 bridgehead atoms. The number of thioether (sulfide) groups is 1. The fourth-order valence-electron chi connectivity index (χ4n) is 5.48. The van der Waals surface area contributed by atoms with Crippen LogP contribution in [-0.4, -0.2) is 178 Å². The number of carboxylic acids is 5. The molecule has 0 amide bonds. The zero-order valence-corrected chi connectivity index (χ0v) is 27.1. The molecular formula is C30H44N6O10S. The van der Waals surface area contributed by atoms with E-state index in [1.54, 1.807) is 14.7 Å². The Labute approximate surface area is 277 Å². The molecule has 1 heterocycles. The van der Waals surface area contributed by atoms with Crippen LogP contribution in [0.2, 0.25) is 0 Å². The summed E-state index contributed by atoms with van der Waals surface area (Å²) in [4.78, 5) is 67.5. The Bertz CT molecular complexity index is 1180. The van der Waals surface area contributed by atoms with Gasteiger partial charge in [0.05, 0.1) is 32.7 Å². The minimum Gasteiger partial charge on any atom is -0.480 e. The maximum atomic E-state index is 11.8. The van der Waals surface area contributed by atoms with Crippen molar-refractivity contribution in [3.63, 3.8) is 0 Å². The van der Waals surface area contributed by atoms with Gasteiger partial charge >= 0.3 is 29.8 Å². The summed E-state index contributed by atoms with van der Waals surface area (Å²) in [7, 11) is 0. The topological polar surface area (TPSA) is 226 Å². The van der Waals surface area contributed by atoms with Gasteiger partial charge in [0.2, 0.25) is 0 Å². The number of nitriles is 1. The number of benzene rings is 1. The molecular weight excluding hydrogens is 636 g/mol. The summed E-state index contributed by atoms with van der Waals surface area (Å²) in [6.07, 6.45) is 1.69. The maximum absolute atomic E-state index is 11.8. The molecule has 5 N–H and O–H groups in total. The van der Waals surface area contributed by atoms with Gasteiger partial charge in [0, 0.05) is 69.8 Å². The van der Waals surface area contributed by atoms with E-state index in [0.29, 0.717) is 32.4 Å². The third kappa shape index (κ3) is 17.1. The number of carboxylic acid groups (broad SMARTS) is 5. The zero-order chi connectivity index (χ0) is 34.8. The fraction of sp³-hybridized carbons (Fsp3) is 0.600. The largest absolute Gasteiger partial charge is 0.480 e. The average molecular weight is 681 g/mol. The highest BCUT2D eigenvalue weighted by atomic mass is 32.2. The highest BCUT2D eigenvalue weighted by molar-refractivity contribution is 8.03. The number of rotatable bonds is 18. The molecule has 1 aromatic rings. The Kier molecular flexibility index (Phi) is 17.7. The molecule has 0 aliphatic carbocycles. The van der Waals surface area contributed by atoms with E-state index in [1.807, 2.05) is 34.6 Å². The Hall–Kier alpha value is -3.79. The Morgan fingerprint density at radius 3 is 1.45 bits per heavy atom. The third-order valence-electron chi connectivity index (χ3n) is 7.76. The second-order valence-electron chi connectivity index (χ2n) is 11.4. The van der Waals surface area contributed by atoms with Crippen LogP contribution in [0.5, 0.6) is 0 Å². The molecule has 1 aliphatic rings. The first kappa shape index (κ1) is 39.4. The number of aryl methyl sites for hydroxylation is 1. The summed E-state index contributed by atoms with van der Waals surface area (Å²) in [6, 6.07) is 6.98. The first-order valence-corrected chi connectivity index (χ1v) is 16.0. The van der Waals surface area contributed by atoms with Crippen molar-refractivity contribution in [3.8, 4) is 5.40 Å². The van der Waals surface area contributed by atoms with Gasteiger partial charge in [0.15, 0.2) is 0 Å². The minimum absolute atomic E-state index is 0.254. The molecule has 2 rings (SSSR count). The number of nitrogens with zero attached hydrogens (tertiary/aromatic N) is 6. The van der Waals surface area contributed by atoms with E-state index in [2.05, 4.69) is 0 Å². The van der Waals surface area contributed by atoms with Crippen LogP contribution >= 0.6 is 11.8 Å². The SMILES string of the molecule is N#CSc1ccc(CCCC(CN2CCN(CC(=O)O)CCN(CC(=O)O)CCN(CC(=O)O)CC2)N(CC(=O)O)CC(=O)O)cc1. The van der Waals surface area contributed by atoms with E-state index >= 15 is 0 Å². The van der Waals surface area contributed by atoms with E-state index < -0.39 is 49.0 Å². The molecule has 0 radical (unpaired) electrons. The van der Waals surface area contributed by atoms with Gasteiger partial charge in [-0.15, -0.1) is 0 Å². The van der Waals surface area contributed by atoms with Crippen LogP contribution in [0.15, 0.2) is 29.2 Å². The number of aliphatic carboxylic acids is 5. The van der Waals surface area contributed by atoms with Gasteiger partial charge in [0.1, 0.15) is 5.40 Å². The van der Waals surface area contributed by atoms with Crippen molar-refractivity contribution in [2.24, 2.45) is 0 Å². The van der Waals surface area contributed by atoms with Crippen molar-refractivity contribution in [1.82, 2.24) is 24.5 Å². The van der Waals surface area contributed by atoms with Crippen LogP contribution in [0.4, 0.5) is 0 Å². The van der Waals surface area contributed by atoms with Crippen molar-refractivity contribution in [1.29, 1.82) is 5.26 Å². The van der Waals surface area contributed by atoms with Gasteiger partial charge in [-0.2, -0.15) is 5.26 Å². The van der Waals surface area contributed by atoms with Crippen molar-refractivity contribution in [3.05, 3.63) is 29.8 Å². The predicted molar refractivity (Wildman–Crippen MR) is 170 cm³/mol. The molecule has 0 saturated carbocycles. The lowest BCUT2D eigenvalue weighted by molar-refractivity contribution is -0.143. The van der Waals surface area contributed by atoms with Gasteiger partial charge in [-0.3, -0.25) is 48.5 Å². The molecule has 1 unspecified atom stereocenters. The Morgan fingerprint density at radius 1 is 0.681 bits per heavy atom. The van der Waals surface area contributed by atoms with E-state index in [1.165, 1.54) is 4.90 Å². The van der Waals surface area contributed by atoms with Crippen LogP contribution in [-0.2, 0) is 30.4 Å². The zero-order valence-electron chi connectivity index (χ0n) is 26.3. The smallest absolute Gasteiger partial charge is 0.317 e. The average Bonchev–Trinajstić information content (AvgIpc) is 2.97. The summed E-state index contributed by atoms with van der Waals surface area (Å²) >= 11 is 1.05. The summed E-state index contributed by atoms with van der Waals surface area (Å²) in [5.41, 5.74) is 1.01. The molecule has 0 spiro atoms. The normalized spacial score (nSPS) is 16.9. The summed E-state index contributed by atoms with van der Waals surface area (Å²) in [6.45, 7) is 0.664. The van der Waals surface area contributed by atoms with Crippen LogP contribution in [0, 0.1) is 10.7 Å². The van der Waals surface area contributed by atoms with Crippen molar-refractivity contribution in [2.75, 3.05) is 91.6 Å². The quantitative estimate of drug-likeness (QED) is 0.101. The van der Waals surface area contributed by atoms with Crippen LogP contribution in [0.25, 0.3) is 0 Å². The van der Waals surface area contributed by atoms with E-state index in [-0.39, 0.29) is 65.4 Å². The predicted octanol–water partition coefficient (Wildman–Crippen LogP) is -0.102. The van der Waals surface area contributed by atoms with Crippen LogP contribution < -0.4 is 0 Å². The summed E-state index contributed by atoms with van der Waals surface area (Å²) in [5.74, 6) is -5.51. The monoisotopic (exact) mass is 680 g/mol. The van der Waals surface area contributed by atoms with Crippen LogP contribution in [0.1, 0.15) is 18.4 Å². The molecule has 47 heavy (non-hydrogen) atoms. The molecule has 1 fully saturated rings. The van der Waals surface area contributed by atoms with Gasteiger partial charge in [-0.25, -0.2) is 0 Å². The molecule has 1 saturated heterocycles. The van der Waals surface area contributed by atoms with Crippen molar-refractivity contribution < 1.29 is 49.5 Å². The molecule has 260 valence electrons.